The molecule has 240 valence electrons. The maximum atomic E-state index is 14.0. The second-order valence-electron chi connectivity index (χ2n) is 12.9. The Hall–Kier alpha value is -3.41. The zero-order valence-corrected chi connectivity index (χ0v) is 26.6. The van der Waals surface area contributed by atoms with E-state index in [0.717, 1.165) is 12.0 Å². The zero-order chi connectivity index (χ0) is 32.3. The van der Waals surface area contributed by atoms with Crippen LogP contribution in [0.5, 0.6) is 0 Å². The van der Waals surface area contributed by atoms with Gasteiger partial charge >= 0.3 is 12.1 Å². The van der Waals surface area contributed by atoms with E-state index in [-0.39, 0.29) is 18.3 Å². The van der Waals surface area contributed by atoms with E-state index in [2.05, 4.69) is 17.2 Å². The van der Waals surface area contributed by atoms with Crippen molar-refractivity contribution in [2.75, 3.05) is 17.4 Å². The molecular formula is C34H40ClN3O7. The van der Waals surface area contributed by atoms with Crippen LogP contribution >= 0.6 is 11.6 Å². The largest absolute Gasteiger partial charge is 0.454 e. The first kappa shape index (κ1) is 31.6. The van der Waals surface area contributed by atoms with Crippen LogP contribution in [0.25, 0.3) is 0 Å². The number of nitrogens with zero attached hydrogens (tertiary/aromatic N) is 1. The van der Waals surface area contributed by atoms with Crippen molar-refractivity contribution in [1.29, 1.82) is 0 Å². The number of esters is 1. The van der Waals surface area contributed by atoms with Gasteiger partial charge in [-0.1, -0.05) is 67.1 Å². The van der Waals surface area contributed by atoms with E-state index in [1.165, 1.54) is 5.06 Å². The molecule has 2 fully saturated rings. The summed E-state index contributed by atoms with van der Waals surface area (Å²) in [4.78, 5) is 33.1. The number of allylic oxidation sites excluding steroid dienone is 1. The van der Waals surface area contributed by atoms with Crippen molar-refractivity contribution in [2.24, 2.45) is 17.8 Å². The number of hydrogen-bond donors (Lipinski definition) is 4. The third kappa shape index (κ3) is 5.32. The molecule has 9 atom stereocenters. The van der Waals surface area contributed by atoms with E-state index in [1.807, 2.05) is 32.9 Å². The molecule has 4 aliphatic rings. The number of para-hydroxylation sites is 2. The van der Waals surface area contributed by atoms with Crippen LogP contribution in [0.1, 0.15) is 45.6 Å². The van der Waals surface area contributed by atoms with Crippen LogP contribution in [0.3, 0.4) is 0 Å². The van der Waals surface area contributed by atoms with Crippen LogP contribution in [0.15, 0.2) is 72.3 Å². The molecular weight excluding hydrogens is 598 g/mol. The maximum absolute atomic E-state index is 14.0. The molecule has 0 aromatic heterocycles. The topological polar surface area (TPSA) is 130 Å². The molecule has 0 unspecified atom stereocenters. The first-order chi connectivity index (χ1) is 21.3. The molecule has 2 aromatic carbocycles. The Morgan fingerprint density at radius 1 is 1.13 bits per heavy atom. The quantitative estimate of drug-likeness (QED) is 0.263. The Labute approximate surface area is 267 Å². The lowest BCUT2D eigenvalue weighted by Crippen LogP contribution is -2.66. The number of carbonyl (C=O) groups is 2. The number of rotatable bonds is 5. The Balaban J connectivity index is 1.31. The minimum atomic E-state index is -1.58. The monoisotopic (exact) mass is 637 g/mol. The Kier molecular flexibility index (Phi) is 8.24. The van der Waals surface area contributed by atoms with Crippen LogP contribution in [-0.4, -0.2) is 59.4 Å². The third-order valence-electron chi connectivity index (χ3n) is 10.0. The number of anilines is 2. The van der Waals surface area contributed by atoms with Crippen molar-refractivity contribution in [3.63, 3.8) is 0 Å². The standard InChI is InChI=1S/C34H40ClN3O7/c1-18(2)22-15-14-20(4)34(42)24(22)16-19(3)28(43-32(40)36-21-10-7-6-8-11-21)29(34)44-30(39)26-17-33(41)23-12-9-13-25(35)27(23)38(5)45-31(33)37-26/h6-13,16,20,22,24,26,28-29,31,37,41-42H,1,14-15,17H2,2-5H3,(H,36,40)/t20-,22-,24+,26+,28-,29+,31-,33-,34-/m1/s1. The van der Waals surface area contributed by atoms with Crippen molar-refractivity contribution in [2.45, 2.75) is 75.7 Å². The van der Waals surface area contributed by atoms with E-state index < -0.39 is 53.7 Å². The van der Waals surface area contributed by atoms with Gasteiger partial charge in [0.1, 0.15) is 17.2 Å². The number of nitrogens with one attached hydrogen (secondary N) is 2. The van der Waals surface area contributed by atoms with Gasteiger partial charge < -0.3 is 19.7 Å². The van der Waals surface area contributed by atoms with E-state index in [0.29, 0.717) is 34.0 Å². The highest BCUT2D eigenvalue weighted by atomic mass is 35.5. The minimum Gasteiger partial charge on any atom is -0.454 e. The van der Waals surface area contributed by atoms with Gasteiger partial charge in [-0.15, -0.1) is 0 Å². The summed E-state index contributed by atoms with van der Waals surface area (Å²) in [5.41, 5.74) is 0.0132. The first-order valence-electron chi connectivity index (χ1n) is 15.3. The highest BCUT2D eigenvalue weighted by molar-refractivity contribution is 6.33. The van der Waals surface area contributed by atoms with Crippen molar-refractivity contribution in [3.05, 3.63) is 82.9 Å². The maximum Gasteiger partial charge on any atom is 0.412 e. The molecule has 6 rings (SSSR count). The smallest absolute Gasteiger partial charge is 0.412 e. The van der Waals surface area contributed by atoms with Gasteiger partial charge in [0.15, 0.2) is 18.4 Å². The lowest BCUT2D eigenvalue weighted by Gasteiger charge is -2.55. The van der Waals surface area contributed by atoms with Gasteiger partial charge in [-0.25, -0.2) is 4.79 Å². The molecule has 11 heteroatoms. The first-order valence-corrected chi connectivity index (χ1v) is 15.7. The lowest BCUT2D eigenvalue weighted by atomic mass is 9.56. The zero-order valence-electron chi connectivity index (χ0n) is 25.8. The number of benzene rings is 2. The van der Waals surface area contributed by atoms with E-state index in [1.54, 1.807) is 49.5 Å². The van der Waals surface area contributed by atoms with Crippen LogP contribution < -0.4 is 15.7 Å². The summed E-state index contributed by atoms with van der Waals surface area (Å²) in [5.74, 6) is -1.47. The molecule has 0 bridgehead atoms. The van der Waals surface area contributed by atoms with Gasteiger partial charge in [0.05, 0.1) is 10.7 Å². The van der Waals surface area contributed by atoms with E-state index in [9.17, 15) is 19.8 Å². The van der Waals surface area contributed by atoms with Gasteiger partial charge in [0.25, 0.3) is 0 Å². The number of hydroxylamine groups is 1. The van der Waals surface area contributed by atoms with Gasteiger partial charge in [-0.05, 0) is 62.3 Å². The van der Waals surface area contributed by atoms with Gasteiger partial charge in [-0.2, -0.15) is 0 Å². The molecule has 45 heavy (non-hydrogen) atoms. The number of aliphatic hydroxyl groups is 2. The molecule has 10 nitrogen and oxygen atoms in total. The normalized spacial score (nSPS) is 35.3. The SMILES string of the molecule is C=C(C)[C@H]1CC[C@@H](C)[C@@]2(O)[C@H]1C=C(C)[C@@H](OC(=O)Nc1ccccc1)[C@@H]2OC(=O)[C@@H]1C[C@@]2(O)c3cccc(Cl)c3N(C)O[C@H]2N1. The number of carbonyl (C=O) groups excluding carboxylic acids is 2. The van der Waals surface area contributed by atoms with Crippen LogP contribution in [0, 0.1) is 17.8 Å². The molecule has 2 aromatic rings. The summed E-state index contributed by atoms with van der Waals surface area (Å²) in [7, 11) is 1.68. The fourth-order valence-corrected chi connectivity index (χ4v) is 7.93. The van der Waals surface area contributed by atoms with Crippen LogP contribution in [-0.2, 0) is 24.7 Å². The van der Waals surface area contributed by atoms with E-state index >= 15 is 0 Å². The van der Waals surface area contributed by atoms with Crippen LogP contribution in [0.4, 0.5) is 16.2 Å². The molecule has 2 heterocycles. The number of ether oxygens (including phenoxy) is 2. The summed E-state index contributed by atoms with van der Waals surface area (Å²) in [6, 6.07) is 13.1. The van der Waals surface area contributed by atoms with Crippen LogP contribution in [0.2, 0.25) is 5.02 Å². The second kappa shape index (κ2) is 11.7. The molecule has 0 radical (unpaired) electrons. The third-order valence-corrected chi connectivity index (χ3v) is 10.3. The average molecular weight is 638 g/mol. The summed E-state index contributed by atoms with van der Waals surface area (Å²) >= 11 is 6.44. The van der Waals surface area contributed by atoms with Crippen molar-refractivity contribution in [3.8, 4) is 0 Å². The van der Waals surface area contributed by atoms with Gasteiger partial charge in [0, 0.05) is 30.6 Å². The number of fused-ring (bicyclic) bond motifs is 4. The Morgan fingerprint density at radius 3 is 2.58 bits per heavy atom. The molecule has 1 saturated heterocycles. The lowest BCUT2D eigenvalue weighted by molar-refractivity contribution is -0.215. The highest BCUT2D eigenvalue weighted by Gasteiger charge is 2.62. The Bertz CT molecular complexity index is 1530. The van der Waals surface area contributed by atoms with Crippen molar-refractivity contribution >= 4 is 35.0 Å². The van der Waals surface area contributed by atoms with Gasteiger partial charge in [-0.3, -0.25) is 25.3 Å². The molecule has 1 saturated carbocycles. The number of amides is 1. The summed E-state index contributed by atoms with van der Waals surface area (Å²) in [6.07, 6.45) is -0.650. The predicted molar refractivity (Wildman–Crippen MR) is 169 cm³/mol. The minimum absolute atomic E-state index is 0.0557. The molecule has 1 amide bonds. The summed E-state index contributed by atoms with van der Waals surface area (Å²) in [5, 5.41) is 32.1. The predicted octanol–water partition coefficient (Wildman–Crippen LogP) is 5.06. The fraction of sp³-hybridized carbons (Fsp3) is 0.471. The number of halogens is 1. The molecule has 4 N–H and O–H groups in total. The highest BCUT2D eigenvalue weighted by Crippen LogP contribution is 2.53. The summed E-state index contributed by atoms with van der Waals surface area (Å²) in [6.45, 7) is 9.86. The molecule has 0 spiro atoms. The number of hydrogen-bond acceptors (Lipinski definition) is 9. The fourth-order valence-electron chi connectivity index (χ4n) is 7.64. The second-order valence-corrected chi connectivity index (χ2v) is 13.3. The van der Waals surface area contributed by atoms with E-state index in [4.69, 9.17) is 25.9 Å². The average Bonchev–Trinajstić information content (AvgIpc) is 3.34. The Morgan fingerprint density at radius 2 is 1.87 bits per heavy atom. The molecule has 2 aliphatic heterocycles. The summed E-state index contributed by atoms with van der Waals surface area (Å²) < 4.78 is 12.2. The van der Waals surface area contributed by atoms with Crippen molar-refractivity contribution < 1.29 is 34.1 Å². The van der Waals surface area contributed by atoms with Crippen molar-refractivity contribution in [1.82, 2.24) is 5.32 Å². The molecule has 2 aliphatic carbocycles. The van der Waals surface area contributed by atoms with Gasteiger partial charge in [0.2, 0.25) is 0 Å².